The van der Waals surface area contributed by atoms with Crippen LogP contribution in [-0.4, -0.2) is 94.1 Å². The molecule has 13 nitrogen and oxygen atoms in total. The Balaban J connectivity index is 3.78. The molecule has 0 heterocycles. The van der Waals surface area contributed by atoms with Crippen LogP contribution in [0, 0.1) is 5.92 Å². The van der Waals surface area contributed by atoms with E-state index in [0.717, 1.165) is 0 Å². The molecule has 0 aliphatic heterocycles. The summed E-state index contributed by atoms with van der Waals surface area (Å²) < 4.78 is 37.0. The highest BCUT2D eigenvalue weighted by Crippen LogP contribution is 2.44. The van der Waals surface area contributed by atoms with E-state index in [0.29, 0.717) is 45.6 Å². The second-order valence-electron chi connectivity index (χ2n) is 8.78. The minimum Gasteiger partial charge on any atom is -0.377 e. The summed E-state index contributed by atoms with van der Waals surface area (Å²) in [5.74, 6) is -0.647. The number of nitrogens with one attached hydrogen (secondary N) is 3. The highest BCUT2D eigenvalue weighted by atomic mass is 31.2. The van der Waals surface area contributed by atoms with Crippen molar-refractivity contribution in [3.8, 4) is 0 Å². The predicted octanol–water partition coefficient (Wildman–Crippen LogP) is 1.14. The van der Waals surface area contributed by atoms with Crippen LogP contribution in [0.5, 0.6) is 0 Å². The van der Waals surface area contributed by atoms with E-state index in [1.807, 2.05) is 13.8 Å². The van der Waals surface area contributed by atoms with Crippen LogP contribution < -0.4 is 16.0 Å². The van der Waals surface area contributed by atoms with Gasteiger partial charge in [0.25, 0.3) is 0 Å². The van der Waals surface area contributed by atoms with Crippen molar-refractivity contribution in [3.05, 3.63) is 0 Å². The average molecular weight is 556 g/mol. The summed E-state index contributed by atoms with van der Waals surface area (Å²) in [4.78, 5) is 44.8. The zero-order valence-electron chi connectivity index (χ0n) is 22.8. The van der Waals surface area contributed by atoms with Gasteiger partial charge in [0.1, 0.15) is 6.04 Å². The van der Waals surface area contributed by atoms with Crippen molar-refractivity contribution in [1.29, 1.82) is 0 Å². The van der Waals surface area contributed by atoms with Crippen LogP contribution >= 0.6 is 7.82 Å². The van der Waals surface area contributed by atoms with Gasteiger partial charge in [0, 0.05) is 25.9 Å². The van der Waals surface area contributed by atoms with Crippen molar-refractivity contribution in [2.45, 2.75) is 66.0 Å². The van der Waals surface area contributed by atoms with Gasteiger partial charge < -0.3 is 35.1 Å². The Morgan fingerprint density at radius 1 is 0.784 bits per heavy atom. The minimum absolute atomic E-state index is 0.00868. The van der Waals surface area contributed by atoms with Gasteiger partial charge in [0.05, 0.1) is 52.4 Å². The maximum atomic E-state index is 12.4. The number of ether oxygens (including phenoxy) is 3. The van der Waals surface area contributed by atoms with Crippen molar-refractivity contribution in [2.75, 3.05) is 59.3 Å². The molecule has 0 aromatic carbocycles. The molecule has 0 aliphatic rings. The number of phosphoric ester groups is 1. The Bertz CT molecular complexity index is 694. The molecular weight excluding hydrogens is 509 g/mol. The first-order valence-electron chi connectivity index (χ1n) is 12.7. The number of hydrogen-bond acceptors (Lipinski definition) is 9. The number of phosphoric acid groups is 1. The smallest absolute Gasteiger partial charge is 0.377 e. The van der Waals surface area contributed by atoms with Crippen LogP contribution in [0.15, 0.2) is 0 Å². The lowest BCUT2D eigenvalue weighted by molar-refractivity contribution is -0.128. The summed E-state index contributed by atoms with van der Waals surface area (Å²) in [5, 5.41) is 8.23. The molecule has 0 rings (SSSR count). The third-order valence-electron chi connectivity index (χ3n) is 4.55. The molecule has 14 heteroatoms. The standard InChI is InChI=1S/C23H46N3O10P/c1-18(2)22(28)24-9-7-6-8-21(26-20(5)27)23(29)25-10-11-32-12-13-33-14-15-34-16-17-35-37(30,31)36-19(3)4/h18-19,21H,6-17H2,1-5H3,(H,24,28)(H,25,29)(H,26,27)(H,30,31)/t21-/m0/s1. The highest BCUT2D eigenvalue weighted by molar-refractivity contribution is 7.47. The van der Waals surface area contributed by atoms with Crippen LogP contribution in [0.4, 0.5) is 0 Å². The fourth-order valence-electron chi connectivity index (χ4n) is 2.82. The number of hydrogen-bond donors (Lipinski definition) is 4. The zero-order chi connectivity index (χ0) is 28.1. The SMILES string of the molecule is CC(=O)N[C@@H](CCCCNC(=O)C(C)C)C(=O)NCCOCCOCCOCCOP(=O)(O)OC(C)C. The minimum atomic E-state index is -4.05. The molecule has 4 N–H and O–H groups in total. The Morgan fingerprint density at radius 2 is 1.32 bits per heavy atom. The summed E-state index contributed by atoms with van der Waals surface area (Å²) in [6.45, 7) is 10.7. The molecule has 0 aromatic heterocycles. The Hall–Kier alpha value is -1.60. The van der Waals surface area contributed by atoms with Gasteiger partial charge in [-0.15, -0.1) is 0 Å². The van der Waals surface area contributed by atoms with Crippen LogP contribution in [-0.2, 0) is 42.2 Å². The summed E-state index contributed by atoms with van der Waals surface area (Å²) in [7, 11) is -4.05. The lowest BCUT2D eigenvalue weighted by atomic mass is 10.1. The molecule has 37 heavy (non-hydrogen) atoms. The number of carbonyl (C=O) groups excluding carboxylic acids is 3. The summed E-state index contributed by atoms with van der Waals surface area (Å²) in [6, 6.07) is -0.640. The molecule has 0 aromatic rings. The fraction of sp³-hybridized carbons (Fsp3) is 0.870. The molecule has 1 unspecified atom stereocenters. The summed E-state index contributed by atoms with van der Waals surface area (Å²) in [5.41, 5.74) is 0. The second kappa shape index (κ2) is 21.3. The van der Waals surface area contributed by atoms with Gasteiger partial charge in [-0.3, -0.25) is 23.4 Å². The Morgan fingerprint density at radius 3 is 1.86 bits per heavy atom. The third-order valence-corrected chi connectivity index (χ3v) is 5.75. The van der Waals surface area contributed by atoms with Crippen molar-refractivity contribution < 1.29 is 47.1 Å². The van der Waals surface area contributed by atoms with Crippen LogP contribution in [0.3, 0.4) is 0 Å². The van der Waals surface area contributed by atoms with E-state index >= 15 is 0 Å². The summed E-state index contributed by atoms with van der Waals surface area (Å²) in [6.07, 6.45) is 1.44. The van der Waals surface area contributed by atoms with Crippen LogP contribution in [0.25, 0.3) is 0 Å². The average Bonchev–Trinajstić information content (AvgIpc) is 2.79. The first-order valence-corrected chi connectivity index (χ1v) is 14.2. The Labute approximate surface area is 220 Å². The van der Waals surface area contributed by atoms with E-state index in [-0.39, 0.29) is 56.6 Å². The summed E-state index contributed by atoms with van der Waals surface area (Å²) >= 11 is 0. The lowest BCUT2D eigenvalue weighted by Gasteiger charge is -2.18. The van der Waals surface area contributed by atoms with E-state index in [9.17, 15) is 23.8 Å². The quantitative estimate of drug-likeness (QED) is 0.106. The van der Waals surface area contributed by atoms with Crippen molar-refractivity contribution in [2.24, 2.45) is 5.92 Å². The van der Waals surface area contributed by atoms with Gasteiger partial charge >= 0.3 is 7.82 Å². The molecule has 0 bridgehead atoms. The lowest BCUT2D eigenvalue weighted by Crippen LogP contribution is -2.46. The maximum Gasteiger partial charge on any atom is 0.472 e. The van der Waals surface area contributed by atoms with Gasteiger partial charge in [-0.1, -0.05) is 13.8 Å². The topological polar surface area (TPSA) is 171 Å². The van der Waals surface area contributed by atoms with Gasteiger partial charge in [0.2, 0.25) is 17.7 Å². The number of amides is 3. The van der Waals surface area contributed by atoms with Gasteiger partial charge in [-0.05, 0) is 33.1 Å². The molecule has 0 radical (unpaired) electrons. The number of carbonyl (C=O) groups is 3. The van der Waals surface area contributed by atoms with Crippen molar-refractivity contribution in [1.82, 2.24) is 16.0 Å². The monoisotopic (exact) mass is 555 g/mol. The molecule has 0 saturated heterocycles. The zero-order valence-corrected chi connectivity index (χ0v) is 23.7. The highest BCUT2D eigenvalue weighted by Gasteiger charge is 2.22. The molecule has 3 amide bonds. The second-order valence-corrected chi connectivity index (χ2v) is 10.2. The number of rotatable bonds is 23. The molecule has 2 atom stereocenters. The van der Waals surface area contributed by atoms with E-state index in [2.05, 4.69) is 16.0 Å². The fourth-order valence-corrected chi connectivity index (χ4v) is 3.72. The van der Waals surface area contributed by atoms with Crippen LogP contribution in [0.2, 0.25) is 0 Å². The maximum absolute atomic E-state index is 12.4. The van der Waals surface area contributed by atoms with E-state index in [1.54, 1.807) is 13.8 Å². The van der Waals surface area contributed by atoms with E-state index in [1.165, 1.54) is 6.92 Å². The third kappa shape index (κ3) is 22.1. The van der Waals surface area contributed by atoms with E-state index in [4.69, 9.17) is 23.3 Å². The first kappa shape index (κ1) is 35.4. The number of unbranched alkanes of at least 4 members (excludes halogenated alkanes) is 1. The molecule has 0 spiro atoms. The first-order chi connectivity index (χ1) is 17.4. The van der Waals surface area contributed by atoms with Gasteiger partial charge in [-0.25, -0.2) is 4.57 Å². The Kier molecular flexibility index (Phi) is 20.4. The normalized spacial score (nSPS) is 13.8. The van der Waals surface area contributed by atoms with Crippen molar-refractivity contribution in [3.63, 3.8) is 0 Å². The predicted molar refractivity (Wildman–Crippen MR) is 137 cm³/mol. The largest absolute Gasteiger partial charge is 0.472 e. The molecule has 0 saturated carbocycles. The van der Waals surface area contributed by atoms with Gasteiger partial charge in [-0.2, -0.15) is 0 Å². The van der Waals surface area contributed by atoms with Crippen molar-refractivity contribution >= 4 is 25.5 Å². The molecule has 0 fully saturated rings. The molecular formula is C23H46N3O10P. The molecule has 0 aliphatic carbocycles. The van der Waals surface area contributed by atoms with E-state index < -0.39 is 20.0 Å². The van der Waals surface area contributed by atoms with Gasteiger partial charge in [0.15, 0.2) is 0 Å². The molecule has 218 valence electrons. The van der Waals surface area contributed by atoms with Crippen LogP contribution in [0.1, 0.15) is 53.9 Å².